The fourth-order valence-corrected chi connectivity index (χ4v) is 1.58. The van der Waals surface area contributed by atoms with Crippen LogP contribution in [0.5, 0.6) is 5.75 Å². The van der Waals surface area contributed by atoms with Crippen LogP contribution in [0.2, 0.25) is 0 Å². The first-order valence-electron chi connectivity index (χ1n) is 5.60. The van der Waals surface area contributed by atoms with E-state index in [0.29, 0.717) is 5.56 Å². The number of allylic oxidation sites excluding steroid dienone is 2. The average Bonchev–Trinajstić information content (AvgIpc) is 2.34. The predicted molar refractivity (Wildman–Crippen MR) is 74.9 cm³/mol. The Morgan fingerprint density at radius 3 is 2.76 bits per heavy atom. The number of phenols is 1. The van der Waals surface area contributed by atoms with Gasteiger partial charge in [0.1, 0.15) is 5.75 Å². The topological polar surface area (TPSA) is 20.2 Å². The van der Waals surface area contributed by atoms with Gasteiger partial charge in [0, 0.05) is 5.56 Å². The lowest BCUT2D eigenvalue weighted by Gasteiger charge is -2.08. The Labute approximate surface area is 104 Å². The minimum absolute atomic E-state index is 0.170. The van der Waals surface area contributed by atoms with Crippen LogP contribution in [0.1, 0.15) is 31.4 Å². The Bertz CT molecular complexity index is 492. The normalized spacial score (nSPS) is 10.8. The molecule has 1 aromatic rings. The number of hydrogen-bond acceptors (Lipinski definition) is 1. The van der Waals surface area contributed by atoms with E-state index in [2.05, 4.69) is 25.5 Å². The second-order valence-electron chi connectivity index (χ2n) is 3.80. The third-order valence-corrected chi connectivity index (χ3v) is 2.59. The Morgan fingerprint density at radius 1 is 1.53 bits per heavy atom. The minimum atomic E-state index is 0.170. The van der Waals surface area contributed by atoms with Gasteiger partial charge in [-0.1, -0.05) is 24.4 Å². The quantitative estimate of drug-likeness (QED) is 0.612. The minimum Gasteiger partial charge on any atom is -0.508 e. The van der Waals surface area contributed by atoms with Crippen molar-refractivity contribution in [3.05, 3.63) is 47.5 Å². The van der Waals surface area contributed by atoms with Crippen molar-refractivity contribution in [2.75, 3.05) is 0 Å². The first-order chi connectivity index (χ1) is 8.10. The molecule has 1 rings (SSSR count). The number of rotatable bonds is 4. The van der Waals surface area contributed by atoms with Crippen molar-refractivity contribution in [3.8, 4) is 18.1 Å². The fraction of sp³-hybridized carbons (Fsp3) is 0.200. The third kappa shape index (κ3) is 3.57. The third-order valence-electron chi connectivity index (χ3n) is 2.59. The van der Waals surface area contributed by atoms with E-state index in [1.807, 2.05) is 20.3 Å². The van der Waals surface area contributed by atoms with E-state index in [9.17, 15) is 5.11 Å². The lowest BCUT2D eigenvalue weighted by molar-refractivity contribution is 0.475. The largest absolute Gasteiger partial charge is 0.508 e. The molecule has 85 valence electrons. The summed E-state index contributed by atoms with van der Waals surface area (Å²) >= 11 is 0. The van der Waals surface area contributed by atoms with Gasteiger partial charge in [-0.15, -0.1) is 18.5 Å². The molecule has 0 aliphatic rings. The van der Waals surface area contributed by atoms with Crippen LogP contribution in [0.4, 0.5) is 0 Å². The molecular weight excluding hydrogens is 207 g/mol. The molecule has 0 spiro atoms. The van der Waals surface area contributed by atoms with Crippen molar-refractivity contribution >= 4 is 12.8 Å². The van der Waals surface area contributed by atoms with Crippen LogP contribution in [-0.2, 0) is 0 Å². The molecule has 0 aliphatic carbocycles. The number of benzene rings is 1. The summed E-state index contributed by atoms with van der Waals surface area (Å²) in [6.07, 6.45) is 8.34. The molecule has 1 radical (unpaired) electrons. The van der Waals surface area contributed by atoms with Gasteiger partial charge in [0.15, 0.2) is 7.28 Å². The van der Waals surface area contributed by atoms with Gasteiger partial charge < -0.3 is 5.11 Å². The average molecular weight is 223 g/mol. The van der Waals surface area contributed by atoms with Gasteiger partial charge in [-0.3, -0.25) is 0 Å². The second kappa shape index (κ2) is 6.01. The highest BCUT2D eigenvalue weighted by Gasteiger charge is 2.06. The molecule has 1 nitrogen and oxygen atoms in total. The highest BCUT2D eigenvalue weighted by molar-refractivity contribution is 6.67. The van der Waals surface area contributed by atoms with E-state index in [0.717, 1.165) is 17.5 Å². The molecular formula is C15H16BO. The molecule has 17 heavy (non-hydrogen) atoms. The van der Waals surface area contributed by atoms with Crippen molar-refractivity contribution in [2.24, 2.45) is 0 Å². The summed E-state index contributed by atoms with van der Waals surface area (Å²) < 4.78 is 0. The van der Waals surface area contributed by atoms with Gasteiger partial charge in [0.25, 0.3) is 0 Å². The highest BCUT2D eigenvalue weighted by Crippen LogP contribution is 2.21. The summed E-state index contributed by atoms with van der Waals surface area (Å²) in [6, 6.07) is 5.08. The van der Waals surface area contributed by atoms with E-state index in [1.165, 1.54) is 5.47 Å². The van der Waals surface area contributed by atoms with E-state index in [1.54, 1.807) is 12.1 Å². The SMILES string of the molecule is C#Cc1cc(O)cc(C(=C)[B]/C(=C\C)CC)c1. The summed E-state index contributed by atoms with van der Waals surface area (Å²) in [5.74, 6) is 2.68. The Hall–Kier alpha value is -1.88. The monoisotopic (exact) mass is 223 g/mol. The van der Waals surface area contributed by atoms with Crippen LogP contribution in [0.15, 0.2) is 36.3 Å². The van der Waals surface area contributed by atoms with E-state index in [-0.39, 0.29) is 5.75 Å². The highest BCUT2D eigenvalue weighted by atomic mass is 16.3. The van der Waals surface area contributed by atoms with Crippen LogP contribution < -0.4 is 0 Å². The van der Waals surface area contributed by atoms with Crippen molar-refractivity contribution in [1.29, 1.82) is 0 Å². The van der Waals surface area contributed by atoms with Crippen LogP contribution in [0.3, 0.4) is 0 Å². The van der Waals surface area contributed by atoms with Crippen molar-refractivity contribution in [3.63, 3.8) is 0 Å². The van der Waals surface area contributed by atoms with E-state index in [4.69, 9.17) is 6.42 Å². The summed E-state index contributed by atoms with van der Waals surface area (Å²) in [5.41, 5.74) is 3.58. The maximum absolute atomic E-state index is 9.56. The summed E-state index contributed by atoms with van der Waals surface area (Å²) in [4.78, 5) is 0. The predicted octanol–water partition coefficient (Wildman–Crippen LogP) is 3.36. The van der Waals surface area contributed by atoms with Crippen LogP contribution in [0, 0.1) is 12.3 Å². The molecule has 0 fully saturated rings. The Morgan fingerprint density at radius 2 is 2.24 bits per heavy atom. The van der Waals surface area contributed by atoms with Crippen LogP contribution in [0.25, 0.3) is 5.47 Å². The molecule has 0 aliphatic heterocycles. The molecule has 0 unspecified atom stereocenters. The lowest BCUT2D eigenvalue weighted by Crippen LogP contribution is -1.99. The smallest absolute Gasteiger partial charge is 0.185 e. The van der Waals surface area contributed by atoms with Crippen LogP contribution >= 0.6 is 0 Å². The zero-order valence-electron chi connectivity index (χ0n) is 10.3. The van der Waals surface area contributed by atoms with Crippen LogP contribution in [-0.4, -0.2) is 12.4 Å². The molecule has 0 amide bonds. The van der Waals surface area contributed by atoms with Gasteiger partial charge in [0.05, 0.1) is 0 Å². The van der Waals surface area contributed by atoms with Gasteiger partial charge >= 0.3 is 0 Å². The van der Waals surface area contributed by atoms with E-state index >= 15 is 0 Å². The zero-order valence-corrected chi connectivity index (χ0v) is 10.3. The first kappa shape index (κ1) is 13.2. The maximum Gasteiger partial charge on any atom is 0.185 e. The van der Waals surface area contributed by atoms with Gasteiger partial charge in [-0.05, 0) is 37.1 Å². The van der Waals surface area contributed by atoms with E-state index < -0.39 is 0 Å². The summed E-state index contributed by atoms with van der Waals surface area (Å²) in [5, 5.41) is 9.56. The molecule has 0 heterocycles. The van der Waals surface area contributed by atoms with Crippen molar-refractivity contribution in [1.82, 2.24) is 0 Å². The first-order valence-corrected chi connectivity index (χ1v) is 5.60. The molecule has 0 saturated heterocycles. The standard InChI is InChI=1S/C15H16BO/c1-5-12-8-13(10-15(17)9-12)11(4)16-14(6-2)7-3/h1,6,8-10,17H,4,7H2,2-3H3/b14-6-. The molecule has 1 N–H and O–H groups in total. The Balaban J connectivity index is 2.97. The maximum atomic E-state index is 9.56. The molecule has 0 saturated carbocycles. The Kier molecular flexibility index (Phi) is 4.66. The zero-order chi connectivity index (χ0) is 12.8. The summed E-state index contributed by atoms with van der Waals surface area (Å²) in [7, 11) is 2.01. The molecule has 1 aromatic carbocycles. The molecule has 2 heteroatoms. The molecule has 0 atom stereocenters. The van der Waals surface area contributed by atoms with Crippen molar-refractivity contribution < 1.29 is 5.11 Å². The fourth-order valence-electron chi connectivity index (χ4n) is 1.58. The number of aromatic hydroxyl groups is 1. The molecule has 0 aromatic heterocycles. The number of phenolic OH excluding ortho intramolecular Hbond substituents is 1. The van der Waals surface area contributed by atoms with Gasteiger partial charge in [-0.2, -0.15) is 0 Å². The number of terminal acetylenes is 1. The number of hydrogen-bond donors (Lipinski definition) is 1. The van der Waals surface area contributed by atoms with Gasteiger partial charge in [0.2, 0.25) is 0 Å². The van der Waals surface area contributed by atoms with Gasteiger partial charge in [-0.25, -0.2) is 0 Å². The molecule has 0 bridgehead atoms. The second-order valence-corrected chi connectivity index (χ2v) is 3.80. The lowest BCUT2D eigenvalue weighted by atomic mass is 9.60. The summed E-state index contributed by atoms with van der Waals surface area (Å²) in [6.45, 7) is 8.09. The van der Waals surface area contributed by atoms with Crippen molar-refractivity contribution in [2.45, 2.75) is 20.3 Å².